The van der Waals surface area contributed by atoms with Gasteiger partial charge in [-0.3, -0.25) is 10.1 Å². The number of hydrogen-bond donors (Lipinski definition) is 1. The molecule has 1 aromatic heterocycles. The Bertz CT molecular complexity index is 567. The van der Waals surface area contributed by atoms with Crippen LogP contribution in [0.5, 0.6) is 0 Å². The van der Waals surface area contributed by atoms with Crippen molar-refractivity contribution in [1.29, 1.82) is 0 Å². The Labute approximate surface area is 95.6 Å². The van der Waals surface area contributed by atoms with Gasteiger partial charge in [-0.1, -0.05) is 0 Å². The SMILES string of the molecule is NCc1ccn(-c2ccc(F)c([N+](=O)[O-])c2)n1. The molecule has 2 aromatic rings. The summed E-state index contributed by atoms with van der Waals surface area (Å²) in [5.41, 5.74) is 5.89. The Morgan fingerprint density at radius 3 is 2.82 bits per heavy atom. The molecule has 0 aliphatic rings. The predicted octanol–water partition coefficient (Wildman–Crippen LogP) is 1.38. The Hall–Kier alpha value is -2.28. The van der Waals surface area contributed by atoms with E-state index in [1.54, 1.807) is 12.3 Å². The summed E-state index contributed by atoms with van der Waals surface area (Å²) in [6.45, 7) is 0.274. The second kappa shape index (κ2) is 4.30. The maximum absolute atomic E-state index is 13.1. The molecule has 6 nitrogen and oxygen atoms in total. The molecule has 2 rings (SSSR count). The molecular weight excluding hydrogens is 227 g/mol. The molecule has 1 heterocycles. The van der Waals surface area contributed by atoms with E-state index < -0.39 is 16.4 Å². The Kier molecular flexibility index (Phi) is 2.84. The first kappa shape index (κ1) is 11.2. The van der Waals surface area contributed by atoms with E-state index >= 15 is 0 Å². The number of halogens is 1. The van der Waals surface area contributed by atoms with Crippen LogP contribution in [0.15, 0.2) is 30.5 Å². The molecule has 0 aliphatic heterocycles. The normalized spacial score (nSPS) is 10.5. The molecule has 0 fully saturated rings. The third kappa shape index (κ3) is 2.13. The lowest BCUT2D eigenvalue weighted by molar-refractivity contribution is -0.387. The van der Waals surface area contributed by atoms with Crippen LogP contribution < -0.4 is 5.73 Å². The monoisotopic (exact) mass is 236 g/mol. The maximum Gasteiger partial charge on any atom is 0.306 e. The zero-order valence-electron chi connectivity index (χ0n) is 8.71. The van der Waals surface area contributed by atoms with Crippen molar-refractivity contribution in [3.63, 3.8) is 0 Å². The highest BCUT2D eigenvalue weighted by Crippen LogP contribution is 2.20. The van der Waals surface area contributed by atoms with E-state index in [1.807, 2.05) is 0 Å². The van der Waals surface area contributed by atoms with Crippen molar-refractivity contribution in [3.05, 3.63) is 52.1 Å². The first-order valence-electron chi connectivity index (χ1n) is 4.80. The highest BCUT2D eigenvalue weighted by atomic mass is 19.1. The fourth-order valence-corrected chi connectivity index (χ4v) is 1.40. The molecule has 7 heteroatoms. The summed E-state index contributed by atoms with van der Waals surface area (Å²) >= 11 is 0. The van der Waals surface area contributed by atoms with Gasteiger partial charge in [-0.15, -0.1) is 0 Å². The number of nitro groups is 1. The van der Waals surface area contributed by atoms with Crippen LogP contribution in [0, 0.1) is 15.9 Å². The number of nitrogens with two attached hydrogens (primary N) is 1. The Morgan fingerprint density at radius 2 is 2.24 bits per heavy atom. The molecule has 0 atom stereocenters. The van der Waals surface area contributed by atoms with Gasteiger partial charge in [0.2, 0.25) is 5.82 Å². The van der Waals surface area contributed by atoms with E-state index in [9.17, 15) is 14.5 Å². The largest absolute Gasteiger partial charge is 0.325 e. The van der Waals surface area contributed by atoms with E-state index in [0.29, 0.717) is 11.4 Å². The van der Waals surface area contributed by atoms with Gasteiger partial charge in [0.05, 0.1) is 16.3 Å². The topological polar surface area (TPSA) is 87.0 Å². The van der Waals surface area contributed by atoms with Crippen molar-refractivity contribution in [2.45, 2.75) is 6.54 Å². The second-order valence-electron chi connectivity index (χ2n) is 3.35. The molecule has 0 saturated carbocycles. The number of nitro benzene ring substituents is 1. The predicted molar refractivity (Wildman–Crippen MR) is 58.1 cm³/mol. The van der Waals surface area contributed by atoms with Crippen LogP contribution in [0.4, 0.5) is 10.1 Å². The average Bonchev–Trinajstić information content (AvgIpc) is 2.78. The summed E-state index contributed by atoms with van der Waals surface area (Å²) in [4.78, 5) is 9.81. The number of benzene rings is 1. The summed E-state index contributed by atoms with van der Waals surface area (Å²) in [7, 11) is 0. The third-order valence-electron chi connectivity index (χ3n) is 2.24. The van der Waals surface area contributed by atoms with Gasteiger partial charge in [-0.05, 0) is 18.2 Å². The molecule has 0 radical (unpaired) electrons. The maximum atomic E-state index is 13.1. The molecule has 0 spiro atoms. The van der Waals surface area contributed by atoms with Crippen molar-refractivity contribution in [2.75, 3.05) is 0 Å². The fourth-order valence-electron chi connectivity index (χ4n) is 1.40. The minimum absolute atomic E-state index is 0.274. The highest BCUT2D eigenvalue weighted by Gasteiger charge is 2.15. The Morgan fingerprint density at radius 1 is 1.47 bits per heavy atom. The summed E-state index contributed by atoms with van der Waals surface area (Å²) in [5, 5.41) is 14.7. The third-order valence-corrected chi connectivity index (χ3v) is 2.24. The zero-order valence-corrected chi connectivity index (χ0v) is 8.71. The van der Waals surface area contributed by atoms with Gasteiger partial charge in [-0.2, -0.15) is 9.49 Å². The van der Waals surface area contributed by atoms with Crippen molar-refractivity contribution in [3.8, 4) is 5.69 Å². The van der Waals surface area contributed by atoms with Crippen LogP contribution in [0.3, 0.4) is 0 Å². The number of aromatic nitrogens is 2. The molecule has 17 heavy (non-hydrogen) atoms. The van der Waals surface area contributed by atoms with Gasteiger partial charge >= 0.3 is 5.69 Å². The smallest absolute Gasteiger partial charge is 0.306 e. The molecule has 0 amide bonds. The van der Waals surface area contributed by atoms with Gasteiger partial charge in [-0.25, -0.2) is 4.68 Å². The van der Waals surface area contributed by atoms with E-state index in [0.717, 1.165) is 12.1 Å². The van der Waals surface area contributed by atoms with Gasteiger partial charge in [0.15, 0.2) is 0 Å². The van der Waals surface area contributed by atoms with E-state index in [-0.39, 0.29) is 6.54 Å². The summed E-state index contributed by atoms with van der Waals surface area (Å²) in [5.74, 6) is -0.870. The van der Waals surface area contributed by atoms with Crippen molar-refractivity contribution in [1.82, 2.24) is 9.78 Å². The van der Waals surface area contributed by atoms with Crippen LogP contribution in [-0.2, 0) is 6.54 Å². The highest BCUT2D eigenvalue weighted by molar-refractivity contribution is 5.43. The molecule has 1 aromatic carbocycles. The lowest BCUT2D eigenvalue weighted by atomic mass is 10.2. The standard InChI is InChI=1S/C10H9FN4O2/c11-9-2-1-8(5-10(9)15(16)17)14-4-3-7(6-12)13-14/h1-5H,6,12H2. The quantitative estimate of drug-likeness (QED) is 0.644. The van der Waals surface area contributed by atoms with Gasteiger partial charge in [0.1, 0.15) is 0 Å². The van der Waals surface area contributed by atoms with Gasteiger partial charge in [0.25, 0.3) is 0 Å². The molecule has 88 valence electrons. The van der Waals surface area contributed by atoms with Crippen LogP contribution in [0.2, 0.25) is 0 Å². The first-order chi connectivity index (χ1) is 8.11. The fraction of sp³-hybridized carbons (Fsp3) is 0.100. The Balaban J connectivity index is 2.46. The first-order valence-corrected chi connectivity index (χ1v) is 4.80. The lowest BCUT2D eigenvalue weighted by Gasteiger charge is -2.01. The molecule has 0 saturated heterocycles. The van der Waals surface area contributed by atoms with Crippen molar-refractivity contribution in [2.24, 2.45) is 5.73 Å². The minimum Gasteiger partial charge on any atom is -0.325 e. The number of hydrogen-bond acceptors (Lipinski definition) is 4. The lowest BCUT2D eigenvalue weighted by Crippen LogP contribution is -2.01. The number of nitrogens with zero attached hydrogens (tertiary/aromatic N) is 3. The van der Waals surface area contributed by atoms with E-state index in [4.69, 9.17) is 5.73 Å². The van der Waals surface area contributed by atoms with Gasteiger partial charge < -0.3 is 5.73 Å². The number of rotatable bonds is 3. The summed E-state index contributed by atoms with van der Waals surface area (Å²) in [6, 6.07) is 5.27. The van der Waals surface area contributed by atoms with Crippen molar-refractivity contribution < 1.29 is 9.31 Å². The average molecular weight is 236 g/mol. The van der Waals surface area contributed by atoms with Gasteiger partial charge in [0, 0.05) is 18.8 Å². The van der Waals surface area contributed by atoms with Crippen LogP contribution in [0.25, 0.3) is 5.69 Å². The van der Waals surface area contributed by atoms with Crippen molar-refractivity contribution >= 4 is 5.69 Å². The minimum atomic E-state index is -0.870. The molecule has 0 bridgehead atoms. The van der Waals surface area contributed by atoms with E-state index in [1.165, 1.54) is 10.7 Å². The zero-order chi connectivity index (χ0) is 12.4. The molecular formula is C10H9FN4O2. The van der Waals surface area contributed by atoms with E-state index in [2.05, 4.69) is 5.10 Å². The van der Waals surface area contributed by atoms with Crippen LogP contribution >= 0.6 is 0 Å². The molecule has 0 aliphatic carbocycles. The second-order valence-corrected chi connectivity index (χ2v) is 3.35. The summed E-state index contributed by atoms with van der Waals surface area (Å²) in [6.07, 6.45) is 1.61. The van der Waals surface area contributed by atoms with Crippen LogP contribution in [0.1, 0.15) is 5.69 Å². The molecule has 2 N–H and O–H groups in total. The van der Waals surface area contributed by atoms with Crippen LogP contribution in [-0.4, -0.2) is 14.7 Å². The molecule has 0 unspecified atom stereocenters. The summed E-state index contributed by atoms with van der Waals surface area (Å²) < 4.78 is 14.5.